The Morgan fingerprint density at radius 3 is 2.55 bits per heavy atom. The fourth-order valence-electron chi connectivity index (χ4n) is 3.76. The van der Waals surface area contributed by atoms with Gasteiger partial charge in [-0.05, 0) is 30.5 Å². The summed E-state index contributed by atoms with van der Waals surface area (Å²) in [6.45, 7) is 1.66. The molecule has 1 saturated heterocycles. The summed E-state index contributed by atoms with van der Waals surface area (Å²) in [4.78, 5) is 37.8. The van der Waals surface area contributed by atoms with Crippen molar-refractivity contribution in [1.82, 2.24) is 14.7 Å². The summed E-state index contributed by atoms with van der Waals surface area (Å²) in [5.74, 6) is -1.82. The van der Waals surface area contributed by atoms with Crippen molar-refractivity contribution in [3.05, 3.63) is 47.8 Å². The van der Waals surface area contributed by atoms with Crippen LogP contribution in [0.2, 0.25) is 0 Å². The van der Waals surface area contributed by atoms with Crippen molar-refractivity contribution >= 4 is 23.5 Å². The number of nitrogens with zero attached hydrogens (tertiary/aromatic N) is 3. The van der Waals surface area contributed by atoms with E-state index in [1.807, 2.05) is 18.3 Å². The second-order valence-corrected chi connectivity index (χ2v) is 7.67. The van der Waals surface area contributed by atoms with E-state index in [4.69, 9.17) is 5.11 Å². The number of benzene rings is 1. The summed E-state index contributed by atoms with van der Waals surface area (Å²) in [6.07, 6.45) is 4.76. The molecule has 3 atom stereocenters. The number of aryl methyl sites for hydroxylation is 1. The third-order valence-corrected chi connectivity index (χ3v) is 5.45. The summed E-state index contributed by atoms with van der Waals surface area (Å²) in [5.41, 5.74) is 2.38. The van der Waals surface area contributed by atoms with Gasteiger partial charge in [-0.3, -0.25) is 19.1 Å². The molecule has 2 heterocycles. The number of piperidine rings is 1. The van der Waals surface area contributed by atoms with Gasteiger partial charge in [-0.15, -0.1) is 0 Å². The average molecular weight is 398 g/mol. The molecular weight excluding hydrogens is 372 g/mol. The van der Waals surface area contributed by atoms with Gasteiger partial charge in [0.1, 0.15) is 0 Å². The molecular formula is C21H26N4O4. The van der Waals surface area contributed by atoms with E-state index in [0.29, 0.717) is 24.9 Å². The number of hydrogen-bond acceptors (Lipinski definition) is 4. The number of carbonyl (C=O) groups excluding carboxylic acids is 2. The minimum atomic E-state index is -0.834. The number of likely N-dealkylation sites (tertiary alicyclic amines) is 1. The van der Waals surface area contributed by atoms with Gasteiger partial charge in [-0.1, -0.05) is 19.1 Å². The Morgan fingerprint density at radius 1 is 1.28 bits per heavy atom. The van der Waals surface area contributed by atoms with Crippen LogP contribution in [0.4, 0.5) is 5.69 Å². The Bertz CT molecular complexity index is 906. The van der Waals surface area contributed by atoms with E-state index in [-0.39, 0.29) is 23.8 Å². The van der Waals surface area contributed by atoms with Gasteiger partial charge in [-0.25, -0.2) is 0 Å². The molecule has 0 aliphatic carbocycles. The molecule has 0 spiro atoms. The van der Waals surface area contributed by atoms with Gasteiger partial charge in [0.2, 0.25) is 11.8 Å². The average Bonchev–Trinajstić information content (AvgIpc) is 3.11. The monoisotopic (exact) mass is 398 g/mol. The predicted molar refractivity (Wildman–Crippen MR) is 107 cm³/mol. The highest BCUT2D eigenvalue weighted by Crippen LogP contribution is 2.36. The molecule has 0 saturated carbocycles. The van der Waals surface area contributed by atoms with Crippen molar-refractivity contribution in [2.45, 2.75) is 32.2 Å². The molecule has 1 aromatic heterocycles. The molecule has 8 heteroatoms. The third-order valence-electron chi connectivity index (χ3n) is 5.45. The highest BCUT2D eigenvalue weighted by molar-refractivity contribution is 5.94. The fourth-order valence-corrected chi connectivity index (χ4v) is 3.76. The van der Waals surface area contributed by atoms with Gasteiger partial charge in [-0.2, -0.15) is 5.10 Å². The molecule has 3 rings (SSSR count). The van der Waals surface area contributed by atoms with E-state index >= 15 is 0 Å². The van der Waals surface area contributed by atoms with Crippen LogP contribution in [0.15, 0.2) is 36.7 Å². The summed E-state index contributed by atoms with van der Waals surface area (Å²) >= 11 is 0. The van der Waals surface area contributed by atoms with Crippen molar-refractivity contribution in [2.75, 3.05) is 12.4 Å². The van der Waals surface area contributed by atoms with Gasteiger partial charge in [0.15, 0.2) is 0 Å². The molecule has 0 bridgehead atoms. The lowest BCUT2D eigenvalue weighted by molar-refractivity contribution is -0.141. The zero-order valence-electron chi connectivity index (χ0n) is 16.8. The number of aromatic nitrogens is 2. The van der Waals surface area contributed by atoms with Crippen LogP contribution in [-0.4, -0.2) is 44.6 Å². The zero-order chi connectivity index (χ0) is 21.1. The fraction of sp³-hybridized carbons (Fsp3) is 0.429. The Kier molecular flexibility index (Phi) is 6.00. The Balaban J connectivity index is 1.73. The Hall–Kier alpha value is -3.16. The van der Waals surface area contributed by atoms with E-state index in [0.717, 1.165) is 11.1 Å². The van der Waals surface area contributed by atoms with Crippen LogP contribution in [0, 0.1) is 11.8 Å². The molecule has 29 heavy (non-hydrogen) atoms. The number of anilines is 1. The molecule has 2 N–H and O–H groups in total. The molecule has 1 aliphatic rings. The number of hydrogen-bond donors (Lipinski definition) is 2. The van der Waals surface area contributed by atoms with Crippen LogP contribution < -0.4 is 5.32 Å². The molecule has 2 aromatic rings. The number of nitrogens with one attached hydrogen (secondary N) is 1. The maximum atomic E-state index is 13.0. The number of carbonyl (C=O) groups is 3. The SMILES string of the molecule is CC(Cc1ccc(NC(=O)C2CCC(=O)N(C)C2c2cnn(C)c2)cc1)C(=O)O. The number of aliphatic carboxylic acids is 1. The first-order chi connectivity index (χ1) is 13.8. The summed E-state index contributed by atoms with van der Waals surface area (Å²) in [5, 5.41) is 16.1. The molecule has 1 fully saturated rings. The molecule has 0 radical (unpaired) electrons. The number of rotatable bonds is 6. The minimum Gasteiger partial charge on any atom is -0.481 e. The maximum absolute atomic E-state index is 13.0. The first-order valence-corrected chi connectivity index (χ1v) is 9.63. The van der Waals surface area contributed by atoms with Crippen molar-refractivity contribution < 1.29 is 19.5 Å². The van der Waals surface area contributed by atoms with Gasteiger partial charge in [0.05, 0.1) is 24.1 Å². The van der Waals surface area contributed by atoms with Crippen LogP contribution in [0.1, 0.15) is 36.9 Å². The number of carboxylic acids is 1. The normalized spacial score (nSPS) is 20.4. The second-order valence-electron chi connectivity index (χ2n) is 7.67. The van der Waals surface area contributed by atoms with Crippen LogP contribution >= 0.6 is 0 Å². The maximum Gasteiger partial charge on any atom is 0.306 e. The molecule has 3 unspecified atom stereocenters. The smallest absolute Gasteiger partial charge is 0.306 e. The van der Waals surface area contributed by atoms with Crippen molar-refractivity contribution in [3.8, 4) is 0 Å². The van der Waals surface area contributed by atoms with Gasteiger partial charge in [0, 0.05) is 38.0 Å². The third kappa shape index (κ3) is 4.64. The summed E-state index contributed by atoms with van der Waals surface area (Å²) in [7, 11) is 3.52. The predicted octanol–water partition coefficient (Wildman–Crippen LogP) is 2.23. The van der Waals surface area contributed by atoms with E-state index in [2.05, 4.69) is 10.4 Å². The highest BCUT2D eigenvalue weighted by Gasteiger charge is 2.39. The van der Waals surface area contributed by atoms with Gasteiger partial charge in [0.25, 0.3) is 0 Å². The van der Waals surface area contributed by atoms with Crippen molar-refractivity contribution in [2.24, 2.45) is 18.9 Å². The van der Waals surface area contributed by atoms with Crippen LogP contribution in [-0.2, 0) is 27.9 Å². The van der Waals surface area contributed by atoms with E-state index in [1.54, 1.807) is 48.9 Å². The topological polar surface area (TPSA) is 105 Å². The first-order valence-electron chi connectivity index (χ1n) is 9.63. The van der Waals surface area contributed by atoms with Crippen LogP contribution in [0.25, 0.3) is 0 Å². The molecule has 1 aromatic carbocycles. The molecule has 1 aliphatic heterocycles. The first kappa shape index (κ1) is 20.6. The van der Waals surface area contributed by atoms with Crippen molar-refractivity contribution in [3.63, 3.8) is 0 Å². The van der Waals surface area contributed by atoms with Crippen LogP contribution in [0.3, 0.4) is 0 Å². The summed E-state index contributed by atoms with van der Waals surface area (Å²) < 4.78 is 1.66. The van der Waals surface area contributed by atoms with E-state index in [1.165, 1.54) is 0 Å². The highest BCUT2D eigenvalue weighted by atomic mass is 16.4. The molecule has 2 amide bonds. The molecule has 154 valence electrons. The lowest BCUT2D eigenvalue weighted by atomic mass is 9.85. The van der Waals surface area contributed by atoms with E-state index < -0.39 is 11.9 Å². The largest absolute Gasteiger partial charge is 0.481 e. The second kappa shape index (κ2) is 8.46. The standard InChI is InChI=1S/C21H26N4O4/c1-13(21(28)29)10-14-4-6-16(7-5-14)23-20(27)17-8-9-18(26)25(3)19(17)15-11-22-24(2)12-15/h4-7,11-13,17,19H,8-10H2,1-3H3,(H,23,27)(H,28,29). The quantitative estimate of drug-likeness (QED) is 0.776. The molecule has 8 nitrogen and oxygen atoms in total. The number of carboxylic acid groups (broad SMARTS) is 1. The zero-order valence-corrected chi connectivity index (χ0v) is 16.8. The van der Waals surface area contributed by atoms with Gasteiger partial charge < -0.3 is 15.3 Å². The number of amides is 2. The lowest BCUT2D eigenvalue weighted by Gasteiger charge is -2.37. The Labute approximate surface area is 169 Å². The Morgan fingerprint density at radius 2 is 1.97 bits per heavy atom. The van der Waals surface area contributed by atoms with Gasteiger partial charge >= 0.3 is 5.97 Å². The minimum absolute atomic E-state index is 0.0137. The van der Waals surface area contributed by atoms with E-state index in [9.17, 15) is 14.4 Å². The van der Waals surface area contributed by atoms with Crippen molar-refractivity contribution in [1.29, 1.82) is 0 Å². The van der Waals surface area contributed by atoms with Crippen LogP contribution in [0.5, 0.6) is 0 Å². The summed E-state index contributed by atoms with van der Waals surface area (Å²) in [6, 6.07) is 6.84. The lowest BCUT2D eigenvalue weighted by Crippen LogP contribution is -2.44.